The van der Waals surface area contributed by atoms with Gasteiger partial charge in [-0.3, -0.25) is 5.10 Å². The van der Waals surface area contributed by atoms with Crippen LogP contribution in [-0.2, 0) is 0 Å². The van der Waals surface area contributed by atoms with Crippen LogP contribution in [0.5, 0.6) is 0 Å². The highest BCUT2D eigenvalue weighted by Gasteiger charge is 2.49. The lowest BCUT2D eigenvalue weighted by molar-refractivity contribution is 0.0347. The Labute approximate surface area is 89.6 Å². The second kappa shape index (κ2) is 2.64. The quantitative estimate of drug-likeness (QED) is 0.769. The summed E-state index contributed by atoms with van der Waals surface area (Å²) in [4.78, 5) is 0. The van der Waals surface area contributed by atoms with Gasteiger partial charge < -0.3 is 5.32 Å². The van der Waals surface area contributed by atoms with Gasteiger partial charge in [0.2, 0.25) is 0 Å². The second-order valence-corrected chi connectivity index (χ2v) is 5.73. The molecule has 2 N–H and O–H groups in total. The number of nitrogens with one attached hydrogen (secondary N) is 2. The third-order valence-corrected chi connectivity index (χ3v) is 4.41. The summed E-state index contributed by atoms with van der Waals surface area (Å²) in [5, 5.41) is 11.1. The summed E-state index contributed by atoms with van der Waals surface area (Å²) >= 11 is 0. The topological polar surface area (TPSA) is 40.7 Å². The zero-order valence-electron chi connectivity index (χ0n) is 8.92. The first kappa shape index (κ1) is 8.34. The molecular formula is C12H17N3. The molecule has 80 valence electrons. The number of hydrogen-bond donors (Lipinski definition) is 2. The molecule has 3 fully saturated rings. The van der Waals surface area contributed by atoms with Gasteiger partial charge in [-0.15, -0.1) is 0 Å². The second-order valence-electron chi connectivity index (χ2n) is 5.73. The van der Waals surface area contributed by atoms with Crippen molar-refractivity contribution in [1.82, 2.24) is 15.5 Å². The number of aromatic nitrogens is 2. The van der Waals surface area contributed by atoms with E-state index in [1.165, 1.54) is 50.2 Å². The molecule has 0 radical (unpaired) electrons. The molecule has 1 aromatic rings. The third kappa shape index (κ3) is 1.19. The summed E-state index contributed by atoms with van der Waals surface area (Å²) in [6, 6.07) is 2.32. The van der Waals surface area contributed by atoms with Gasteiger partial charge in [0.25, 0.3) is 0 Å². The molecular weight excluding hydrogens is 186 g/mol. The Morgan fingerprint density at radius 2 is 2.00 bits per heavy atom. The van der Waals surface area contributed by atoms with Crippen molar-refractivity contribution >= 4 is 0 Å². The number of rotatable bonds is 2. The molecule has 1 aromatic heterocycles. The standard InChI is InChI=1S/C12H17N3/c1-2-8(1)10-3-11(15-14-10)9-4-12(5-9)6-13-7-12/h3,8-9,13H,1-2,4-7H2,(H,14,15). The molecule has 15 heavy (non-hydrogen) atoms. The van der Waals surface area contributed by atoms with Crippen molar-refractivity contribution in [1.29, 1.82) is 0 Å². The van der Waals surface area contributed by atoms with Crippen LogP contribution in [0, 0.1) is 5.41 Å². The molecule has 2 saturated carbocycles. The van der Waals surface area contributed by atoms with E-state index in [0.717, 1.165) is 11.8 Å². The van der Waals surface area contributed by atoms with Gasteiger partial charge in [-0.25, -0.2) is 0 Å². The maximum Gasteiger partial charge on any atom is 0.0656 e. The van der Waals surface area contributed by atoms with Gasteiger partial charge >= 0.3 is 0 Å². The fraction of sp³-hybridized carbons (Fsp3) is 0.750. The van der Waals surface area contributed by atoms with Gasteiger partial charge in [0.05, 0.1) is 5.69 Å². The van der Waals surface area contributed by atoms with Gasteiger partial charge in [-0.1, -0.05) is 0 Å². The van der Waals surface area contributed by atoms with E-state index in [4.69, 9.17) is 0 Å². The minimum Gasteiger partial charge on any atom is -0.316 e. The molecule has 0 bridgehead atoms. The van der Waals surface area contributed by atoms with Crippen molar-refractivity contribution in [2.75, 3.05) is 13.1 Å². The average Bonchev–Trinajstić information content (AvgIpc) is 2.82. The molecule has 0 aromatic carbocycles. The Morgan fingerprint density at radius 1 is 1.20 bits per heavy atom. The molecule has 3 nitrogen and oxygen atoms in total. The number of aromatic amines is 1. The predicted molar refractivity (Wildman–Crippen MR) is 57.8 cm³/mol. The summed E-state index contributed by atoms with van der Waals surface area (Å²) in [7, 11) is 0. The van der Waals surface area contributed by atoms with Crippen molar-refractivity contribution in [3.8, 4) is 0 Å². The van der Waals surface area contributed by atoms with E-state index in [2.05, 4.69) is 21.6 Å². The number of H-pyrrole nitrogens is 1. The van der Waals surface area contributed by atoms with E-state index in [9.17, 15) is 0 Å². The number of nitrogens with zero attached hydrogens (tertiary/aromatic N) is 1. The van der Waals surface area contributed by atoms with Gasteiger partial charge in [-0.2, -0.15) is 5.10 Å². The summed E-state index contributed by atoms with van der Waals surface area (Å²) in [6.45, 7) is 2.48. The molecule has 3 heteroatoms. The Bertz CT molecular complexity index is 379. The van der Waals surface area contributed by atoms with Crippen molar-refractivity contribution in [3.05, 3.63) is 17.5 Å². The van der Waals surface area contributed by atoms with Crippen LogP contribution in [0.4, 0.5) is 0 Å². The van der Waals surface area contributed by atoms with Crippen LogP contribution < -0.4 is 5.32 Å². The van der Waals surface area contributed by atoms with Crippen LogP contribution in [0.2, 0.25) is 0 Å². The fourth-order valence-corrected chi connectivity index (χ4v) is 3.13. The van der Waals surface area contributed by atoms with Crippen LogP contribution in [0.3, 0.4) is 0 Å². The summed E-state index contributed by atoms with van der Waals surface area (Å²) in [5.41, 5.74) is 3.38. The lowest BCUT2D eigenvalue weighted by Crippen LogP contribution is -2.59. The van der Waals surface area contributed by atoms with Crippen molar-refractivity contribution in [2.45, 2.75) is 37.5 Å². The summed E-state index contributed by atoms with van der Waals surface area (Å²) in [6.07, 6.45) is 5.43. The van der Waals surface area contributed by atoms with E-state index >= 15 is 0 Å². The van der Waals surface area contributed by atoms with Crippen molar-refractivity contribution in [3.63, 3.8) is 0 Å². The SMILES string of the molecule is c1c(C2CC3(CNC3)C2)n[nH]c1C1CC1. The van der Waals surface area contributed by atoms with Gasteiger partial charge in [0, 0.05) is 30.6 Å². The summed E-state index contributed by atoms with van der Waals surface area (Å²) < 4.78 is 0. The zero-order chi connectivity index (χ0) is 9.88. The maximum absolute atomic E-state index is 4.48. The van der Waals surface area contributed by atoms with E-state index in [1.54, 1.807) is 0 Å². The highest BCUT2D eigenvalue weighted by atomic mass is 15.1. The smallest absolute Gasteiger partial charge is 0.0656 e. The monoisotopic (exact) mass is 203 g/mol. The molecule has 2 aliphatic carbocycles. The molecule has 1 saturated heterocycles. The van der Waals surface area contributed by atoms with Gasteiger partial charge in [0.1, 0.15) is 0 Å². The Kier molecular flexibility index (Phi) is 1.47. The predicted octanol–water partition coefficient (Wildman–Crippen LogP) is 1.75. The molecule has 0 amide bonds. The first-order chi connectivity index (χ1) is 7.35. The molecule has 3 aliphatic rings. The van der Waals surface area contributed by atoms with Crippen LogP contribution in [0.25, 0.3) is 0 Å². The molecule has 1 aliphatic heterocycles. The molecule has 2 heterocycles. The lowest BCUT2D eigenvalue weighted by Gasteiger charge is -2.54. The largest absolute Gasteiger partial charge is 0.316 e. The Hall–Kier alpha value is -0.830. The van der Waals surface area contributed by atoms with Crippen molar-refractivity contribution in [2.24, 2.45) is 5.41 Å². The van der Waals surface area contributed by atoms with Gasteiger partial charge in [-0.05, 0) is 37.2 Å². The van der Waals surface area contributed by atoms with Crippen LogP contribution in [-0.4, -0.2) is 23.3 Å². The van der Waals surface area contributed by atoms with Crippen molar-refractivity contribution < 1.29 is 0 Å². The third-order valence-electron chi connectivity index (χ3n) is 4.41. The summed E-state index contributed by atoms with van der Waals surface area (Å²) in [5.74, 6) is 1.56. The Balaban J connectivity index is 1.48. The van der Waals surface area contributed by atoms with E-state index in [0.29, 0.717) is 5.41 Å². The van der Waals surface area contributed by atoms with Crippen LogP contribution >= 0.6 is 0 Å². The molecule has 4 rings (SSSR count). The zero-order valence-corrected chi connectivity index (χ0v) is 8.92. The lowest BCUT2D eigenvalue weighted by atomic mass is 9.58. The maximum atomic E-state index is 4.48. The van der Waals surface area contributed by atoms with E-state index < -0.39 is 0 Å². The van der Waals surface area contributed by atoms with E-state index in [1.807, 2.05) is 0 Å². The average molecular weight is 203 g/mol. The van der Waals surface area contributed by atoms with Crippen LogP contribution in [0.15, 0.2) is 6.07 Å². The Morgan fingerprint density at radius 3 is 2.60 bits per heavy atom. The highest BCUT2D eigenvalue weighted by molar-refractivity contribution is 5.24. The van der Waals surface area contributed by atoms with Gasteiger partial charge in [0.15, 0.2) is 0 Å². The molecule has 0 atom stereocenters. The highest BCUT2D eigenvalue weighted by Crippen LogP contribution is 2.53. The fourth-order valence-electron chi connectivity index (χ4n) is 3.13. The molecule has 0 unspecified atom stereocenters. The number of hydrogen-bond acceptors (Lipinski definition) is 2. The molecule has 1 spiro atoms. The minimum atomic E-state index is 0.670. The minimum absolute atomic E-state index is 0.670. The van der Waals surface area contributed by atoms with Crippen LogP contribution in [0.1, 0.15) is 48.9 Å². The first-order valence-electron chi connectivity index (χ1n) is 6.11. The van der Waals surface area contributed by atoms with E-state index in [-0.39, 0.29) is 0 Å². The normalized spacial score (nSPS) is 28.8. The first-order valence-corrected chi connectivity index (χ1v) is 6.11.